The molecule has 0 bridgehead atoms. The maximum atomic E-state index is 12.0. The maximum Gasteiger partial charge on any atom is 0.236 e. The molecule has 1 aliphatic heterocycles. The third kappa shape index (κ3) is 7.20. The molecule has 1 rings (SSSR count). The average Bonchev–Trinajstić information content (AvgIpc) is 2.51. The summed E-state index contributed by atoms with van der Waals surface area (Å²) in [6.07, 6.45) is 0.935. The van der Waals surface area contributed by atoms with Crippen molar-refractivity contribution >= 4 is 11.8 Å². The fourth-order valence-electron chi connectivity index (χ4n) is 2.26. The molecule has 1 atom stereocenters. The summed E-state index contributed by atoms with van der Waals surface area (Å²) in [5.74, 6) is 0.176. The molecule has 0 saturated carbocycles. The van der Waals surface area contributed by atoms with Crippen LogP contribution in [0.25, 0.3) is 0 Å². The summed E-state index contributed by atoms with van der Waals surface area (Å²) in [5.41, 5.74) is 0. The van der Waals surface area contributed by atoms with Gasteiger partial charge in [0.05, 0.1) is 19.7 Å². The highest BCUT2D eigenvalue weighted by Crippen LogP contribution is 2.02. The van der Waals surface area contributed by atoms with Gasteiger partial charge in [-0.3, -0.25) is 14.5 Å². The van der Waals surface area contributed by atoms with Crippen LogP contribution in [0.3, 0.4) is 0 Å². The lowest BCUT2D eigenvalue weighted by atomic mass is 10.2. The van der Waals surface area contributed by atoms with Crippen molar-refractivity contribution < 1.29 is 14.3 Å². The molecule has 7 heteroatoms. The van der Waals surface area contributed by atoms with Gasteiger partial charge in [-0.05, 0) is 13.3 Å². The Bertz CT molecular complexity index is 344. The molecule has 0 aromatic carbocycles. The van der Waals surface area contributed by atoms with Crippen LogP contribution in [0, 0.1) is 0 Å². The molecular weight excluding hydrogens is 284 g/mol. The highest BCUT2D eigenvalue weighted by atomic mass is 16.5. The maximum absolute atomic E-state index is 12.0. The fourth-order valence-corrected chi connectivity index (χ4v) is 2.26. The van der Waals surface area contributed by atoms with Crippen LogP contribution in [0.15, 0.2) is 0 Å². The number of nitrogens with zero attached hydrogens (tertiary/aromatic N) is 2. The molecule has 1 saturated heterocycles. The van der Waals surface area contributed by atoms with E-state index in [1.165, 1.54) is 0 Å². The molecule has 1 unspecified atom stereocenters. The van der Waals surface area contributed by atoms with Gasteiger partial charge in [0, 0.05) is 45.9 Å². The molecule has 0 aliphatic carbocycles. The van der Waals surface area contributed by atoms with Crippen LogP contribution >= 0.6 is 0 Å². The summed E-state index contributed by atoms with van der Waals surface area (Å²) in [6.45, 7) is 8.96. The number of hydrogen-bond acceptors (Lipinski definition) is 5. The van der Waals surface area contributed by atoms with E-state index in [0.29, 0.717) is 39.3 Å². The lowest BCUT2D eigenvalue weighted by Crippen LogP contribution is -2.53. The second-order valence-electron chi connectivity index (χ2n) is 5.70. The minimum absolute atomic E-state index is 0.0651. The molecule has 22 heavy (non-hydrogen) atoms. The van der Waals surface area contributed by atoms with Gasteiger partial charge < -0.3 is 20.3 Å². The lowest BCUT2D eigenvalue weighted by Gasteiger charge is -2.34. The first-order chi connectivity index (χ1) is 10.6. The van der Waals surface area contributed by atoms with Crippen molar-refractivity contribution in [1.82, 2.24) is 20.4 Å². The van der Waals surface area contributed by atoms with E-state index in [-0.39, 0.29) is 17.9 Å². The second kappa shape index (κ2) is 10.5. The van der Waals surface area contributed by atoms with Crippen molar-refractivity contribution in [3.63, 3.8) is 0 Å². The minimum atomic E-state index is 0.0651. The molecule has 7 nitrogen and oxygen atoms in total. The predicted octanol–water partition coefficient (Wildman–Crippen LogP) is -0.719. The van der Waals surface area contributed by atoms with Gasteiger partial charge in [0.15, 0.2) is 0 Å². The first-order valence-electron chi connectivity index (χ1n) is 8.06. The zero-order valence-electron chi connectivity index (χ0n) is 14.1. The van der Waals surface area contributed by atoms with E-state index in [9.17, 15) is 9.59 Å². The first-order valence-corrected chi connectivity index (χ1v) is 8.06. The van der Waals surface area contributed by atoms with Gasteiger partial charge in [-0.2, -0.15) is 0 Å². The minimum Gasteiger partial charge on any atom is -0.383 e. The lowest BCUT2D eigenvalue weighted by molar-refractivity contribution is -0.132. The van der Waals surface area contributed by atoms with E-state index in [1.54, 1.807) is 7.11 Å². The molecule has 2 N–H and O–H groups in total. The van der Waals surface area contributed by atoms with E-state index >= 15 is 0 Å². The first kappa shape index (κ1) is 18.9. The molecule has 1 aliphatic rings. The Balaban J connectivity index is 2.19. The Hall–Kier alpha value is -1.18. The van der Waals surface area contributed by atoms with Gasteiger partial charge in [-0.1, -0.05) is 6.92 Å². The zero-order valence-corrected chi connectivity index (χ0v) is 14.1. The Morgan fingerprint density at radius 3 is 2.50 bits per heavy atom. The molecule has 2 amide bonds. The van der Waals surface area contributed by atoms with Gasteiger partial charge in [0.1, 0.15) is 0 Å². The van der Waals surface area contributed by atoms with Crippen molar-refractivity contribution in [2.75, 3.05) is 59.5 Å². The standard InChI is InChI=1S/C15H30N4O3/c1-4-13(2)17-14(20)12-18-6-8-19(9-7-18)15(21)11-16-5-10-22-3/h13,16H,4-12H2,1-3H3,(H,17,20). The van der Waals surface area contributed by atoms with Gasteiger partial charge in [-0.25, -0.2) is 0 Å². The van der Waals surface area contributed by atoms with Crippen molar-refractivity contribution in [3.05, 3.63) is 0 Å². The molecule has 0 spiro atoms. The number of carbonyl (C=O) groups is 2. The van der Waals surface area contributed by atoms with Crippen molar-refractivity contribution in [2.24, 2.45) is 0 Å². The van der Waals surface area contributed by atoms with Crippen LogP contribution < -0.4 is 10.6 Å². The Labute approximate surface area is 133 Å². The van der Waals surface area contributed by atoms with Crippen LogP contribution in [0.4, 0.5) is 0 Å². The number of piperazine rings is 1. The van der Waals surface area contributed by atoms with Crippen LogP contribution in [0.5, 0.6) is 0 Å². The summed E-state index contributed by atoms with van der Waals surface area (Å²) < 4.78 is 4.92. The quantitative estimate of drug-likeness (QED) is 0.550. The number of methoxy groups -OCH3 is 1. The summed E-state index contributed by atoms with van der Waals surface area (Å²) in [5, 5.41) is 6.03. The fraction of sp³-hybridized carbons (Fsp3) is 0.867. The highest BCUT2D eigenvalue weighted by molar-refractivity contribution is 5.79. The summed E-state index contributed by atoms with van der Waals surface area (Å²) in [4.78, 5) is 27.8. The van der Waals surface area contributed by atoms with Crippen LogP contribution in [-0.4, -0.2) is 87.2 Å². The van der Waals surface area contributed by atoms with Crippen molar-refractivity contribution in [2.45, 2.75) is 26.3 Å². The van der Waals surface area contributed by atoms with Crippen LogP contribution in [0.1, 0.15) is 20.3 Å². The third-order valence-corrected chi connectivity index (χ3v) is 3.87. The molecule has 0 aromatic rings. The highest BCUT2D eigenvalue weighted by Gasteiger charge is 2.22. The van der Waals surface area contributed by atoms with E-state index < -0.39 is 0 Å². The SMILES string of the molecule is CCC(C)NC(=O)CN1CCN(C(=O)CNCCOC)CC1. The van der Waals surface area contributed by atoms with Crippen molar-refractivity contribution in [1.29, 1.82) is 0 Å². The third-order valence-electron chi connectivity index (χ3n) is 3.87. The van der Waals surface area contributed by atoms with E-state index in [0.717, 1.165) is 19.5 Å². The molecule has 0 aromatic heterocycles. The summed E-state index contributed by atoms with van der Waals surface area (Å²) in [7, 11) is 1.64. The van der Waals surface area contributed by atoms with Gasteiger partial charge >= 0.3 is 0 Å². The smallest absolute Gasteiger partial charge is 0.236 e. The van der Waals surface area contributed by atoms with Crippen LogP contribution in [0.2, 0.25) is 0 Å². The van der Waals surface area contributed by atoms with Gasteiger partial charge in [0.2, 0.25) is 11.8 Å². The number of rotatable bonds is 9. The van der Waals surface area contributed by atoms with Gasteiger partial charge in [0.25, 0.3) is 0 Å². The topological polar surface area (TPSA) is 73.9 Å². The molecule has 128 valence electrons. The number of carbonyl (C=O) groups excluding carboxylic acids is 2. The zero-order chi connectivity index (χ0) is 16.4. The molecule has 1 heterocycles. The molecule has 1 fully saturated rings. The number of hydrogen-bond donors (Lipinski definition) is 2. The number of ether oxygens (including phenoxy) is 1. The Morgan fingerprint density at radius 1 is 1.23 bits per heavy atom. The normalized spacial score (nSPS) is 17.3. The van der Waals surface area contributed by atoms with Crippen LogP contribution in [-0.2, 0) is 14.3 Å². The number of amides is 2. The largest absolute Gasteiger partial charge is 0.383 e. The molecule has 0 radical (unpaired) electrons. The Morgan fingerprint density at radius 2 is 1.91 bits per heavy atom. The summed E-state index contributed by atoms with van der Waals surface area (Å²) in [6, 6.07) is 0.216. The van der Waals surface area contributed by atoms with Gasteiger partial charge in [-0.15, -0.1) is 0 Å². The Kier molecular flexibility index (Phi) is 9.03. The average molecular weight is 314 g/mol. The monoisotopic (exact) mass is 314 g/mol. The summed E-state index contributed by atoms with van der Waals surface area (Å²) >= 11 is 0. The molecular formula is C15H30N4O3. The van der Waals surface area contributed by atoms with Crippen molar-refractivity contribution in [3.8, 4) is 0 Å². The van der Waals surface area contributed by atoms with E-state index in [2.05, 4.69) is 22.5 Å². The number of nitrogens with one attached hydrogen (secondary N) is 2. The van der Waals surface area contributed by atoms with E-state index in [4.69, 9.17) is 4.74 Å². The predicted molar refractivity (Wildman–Crippen MR) is 85.7 cm³/mol. The second-order valence-corrected chi connectivity index (χ2v) is 5.70. The van der Waals surface area contributed by atoms with E-state index in [1.807, 2.05) is 11.8 Å².